The van der Waals surface area contributed by atoms with Gasteiger partial charge in [-0.1, -0.05) is 28.1 Å². The van der Waals surface area contributed by atoms with E-state index in [9.17, 15) is 14.7 Å². The summed E-state index contributed by atoms with van der Waals surface area (Å²) >= 11 is 3.28. The molecule has 0 aliphatic rings. The molecular weight excluding hydrogens is 326 g/mol. The lowest BCUT2D eigenvalue weighted by molar-refractivity contribution is -0.167. The van der Waals surface area contributed by atoms with E-state index in [1.165, 1.54) is 0 Å². The molecule has 0 bridgehead atoms. The molecular formula is C14H18BrNO4. The van der Waals surface area contributed by atoms with Crippen molar-refractivity contribution in [2.24, 2.45) is 11.7 Å². The van der Waals surface area contributed by atoms with Crippen LogP contribution in [-0.2, 0) is 14.3 Å². The van der Waals surface area contributed by atoms with E-state index in [2.05, 4.69) is 15.9 Å². The summed E-state index contributed by atoms with van der Waals surface area (Å²) < 4.78 is 5.96. The quantitative estimate of drug-likeness (QED) is 0.647. The van der Waals surface area contributed by atoms with Gasteiger partial charge in [-0.25, -0.2) is 0 Å². The van der Waals surface area contributed by atoms with Crippen molar-refractivity contribution in [3.63, 3.8) is 0 Å². The third kappa shape index (κ3) is 4.61. The van der Waals surface area contributed by atoms with E-state index < -0.39 is 29.5 Å². The van der Waals surface area contributed by atoms with Crippen LogP contribution in [0, 0.1) is 5.92 Å². The highest BCUT2D eigenvalue weighted by molar-refractivity contribution is 9.10. The van der Waals surface area contributed by atoms with Crippen molar-refractivity contribution in [3.05, 3.63) is 34.3 Å². The average molecular weight is 344 g/mol. The number of benzene rings is 1. The second-order valence-corrected chi connectivity index (χ2v) is 6.34. The Hall–Kier alpha value is -1.40. The van der Waals surface area contributed by atoms with Gasteiger partial charge in [0, 0.05) is 4.47 Å². The summed E-state index contributed by atoms with van der Waals surface area (Å²) in [6.07, 6.45) is 0. The smallest absolute Gasteiger partial charge is 0.322 e. The Morgan fingerprint density at radius 1 is 1.25 bits per heavy atom. The van der Waals surface area contributed by atoms with Gasteiger partial charge >= 0.3 is 11.9 Å². The maximum absolute atomic E-state index is 12.0. The molecule has 0 heterocycles. The fraction of sp³-hybridized carbons (Fsp3) is 0.429. The molecule has 2 unspecified atom stereocenters. The standard InChI is InChI=1S/C14H18BrNO4/c1-14(2,3)20-13(19)10(12(17)18)11(16)8-4-6-9(15)7-5-8/h4-7,10-11H,16H2,1-3H3,(H,17,18). The monoisotopic (exact) mass is 343 g/mol. The molecule has 110 valence electrons. The minimum atomic E-state index is -1.43. The van der Waals surface area contributed by atoms with Gasteiger partial charge in [0.15, 0.2) is 5.92 Å². The predicted octanol–water partition coefficient (Wildman–Crippen LogP) is 2.49. The molecule has 6 heteroatoms. The molecule has 0 aliphatic carbocycles. The van der Waals surface area contributed by atoms with Crippen LogP contribution in [0.15, 0.2) is 28.7 Å². The lowest BCUT2D eigenvalue weighted by Gasteiger charge is -2.25. The summed E-state index contributed by atoms with van der Waals surface area (Å²) in [6, 6.07) is 5.87. The molecule has 5 nitrogen and oxygen atoms in total. The number of carbonyl (C=O) groups excluding carboxylic acids is 1. The Labute approximate surface area is 126 Å². The normalized spacial score (nSPS) is 14.4. The number of nitrogens with two attached hydrogens (primary N) is 1. The first-order valence-corrected chi connectivity index (χ1v) is 6.88. The van der Waals surface area contributed by atoms with Crippen molar-refractivity contribution < 1.29 is 19.4 Å². The number of hydrogen-bond donors (Lipinski definition) is 2. The van der Waals surface area contributed by atoms with Crippen LogP contribution in [0.5, 0.6) is 0 Å². The maximum Gasteiger partial charge on any atom is 0.322 e. The Morgan fingerprint density at radius 2 is 1.75 bits per heavy atom. The SMILES string of the molecule is CC(C)(C)OC(=O)C(C(=O)O)C(N)c1ccc(Br)cc1. The highest BCUT2D eigenvalue weighted by Gasteiger charge is 2.37. The van der Waals surface area contributed by atoms with Crippen LogP contribution in [0.1, 0.15) is 32.4 Å². The van der Waals surface area contributed by atoms with Crippen LogP contribution in [0.2, 0.25) is 0 Å². The minimum Gasteiger partial charge on any atom is -0.481 e. The van der Waals surface area contributed by atoms with E-state index in [0.29, 0.717) is 5.56 Å². The van der Waals surface area contributed by atoms with Gasteiger partial charge in [0.1, 0.15) is 5.60 Å². The van der Waals surface area contributed by atoms with Crippen molar-refractivity contribution in [3.8, 4) is 0 Å². The molecule has 0 aromatic heterocycles. The van der Waals surface area contributed by atoms with Gasteiger partial charge in [0.2, 0.25) is 0 Å². The van der Waals surface area contributed by atoms with Crippen LogP contribution in [0.4, 0.5) is 0 Å². The number of hydrogen-bond acceptors (Lipinski definition) is 4. The predicted molar refractivity (Wildman–Crippen MR) is 78.0 cm³/mol. The summed E-state index contributed by atoms with van der Waals surface area (Å²) in [5.74, 6) is -3.56. The van der Waals surface area contributed by atoms with Crippen LogP contribution in [0.3, 0.4) is 0 Å². The Balaban J connectivity index is 2.99. The van der Waals surface area contributed by atoms with Crippen LogP contribution in [-0.4, -0.2) is 22.6 Å². The first-order chi connectivity index (χ1) is 9.11. The Morgan fingerprint density at radius 3 is 2.15 bits per heavy atom. The zero-order chi connectivity index (χ0) is 15.5. The average Bonchev–Trinajstić information content (AvgIpc) is 2.26. The van der Waals surface area contributed by atoms with Gasteiger partial charge in [-0.2, -0.15) is 0 Å². The largest absolute Gasteiger partial charge is 0.481 e. The highest BCUT2D eigenvalue weighted by atomic mass is 79.9. The number of carboxylic acids is 1. The van der Waals surface area contributed by atoms with Gasteiger partial charge in [-0.05, 0) is 38.5 Å². The second kappa shape index (κ2) is 6.37. The fourth-order valence-electron chi connectivity index (χ4n) is 1.64. The number of halogens is 1. The molecule has 20 heavy (non-hydrogen) atoms. The van der Waals surface area contributed by atoms with Crippen molar-refractivity contribution in [2.75, 3.05) is 0 Å². The van der Waals surface area contributed by atoms with E-state index >= 15 is 0 Å². The van der Waals surface area contributed by atoms with Crippen LogP contribution >= 0.6 is 15.9 Å². The number of aliphatic carboxylic acids is 1. The molecule has 1 rings (SSSR count). The van der Waals surface area contributed by atoms with E-state index in [-0.39, 0.29) is 0 Å². The number of esters is 1. The molecule has 3 N–H and O–H groups in total. The first kappa shape index (κ1) is 16.7. The van der Waals surface area contributed by atoms with Crippen molar-refractivity contribution in [2.45, 2.75) is 32.4 Å². The van der Waals surface area contributed by atoms with Crippen LogP contribution in [0.25, 0.3) is 0 Å². The van der Waals surface area contributed by atoms with Gasteiger partial charge in [0.25, 0.3) is 0 Å². The summed E-state index contributed by atoms with van der Waals surface area (Å²) in [6.45, 7) is 5.03. The van der Waals surface area contributed by atoms with Gasteiger partial charge < -0.3 is 15.6 Å². The lowest BCUT2D eigenvalue weighted by Crippen LogP contribution is -2.39. The summed E-state index contributed by atoms with van der Waals surface area (Å²) in [4.78, 5) is 23.3. The Kier molecular flexibility index (Phi) is 5.30. The second-order valence-electron chi connectivity index (χ2n) is 5.43. The summed E-state index contributed by atoms with van der Waals surface area (Å²) in [5.41, 5.74) is 5.71. The summed E-state index contributed by atoms with van der Waals surface area (Å²) in [5, 5.41) is 9.24. The van der Waals surface area contributed by atoms with Crippen molar-refractivity contribution >= 4 is 27.9 Å². The first-order valence-electron chi connectivity index (χ1n) is 6.08. The fourth-order valence-corrected chi connectivity index (χ4v) is 1.91. The molecule has 2 atom stereocenters. The van der Waals surface area contributed by atoms with Gasteiger partial charge in [-0.3, -0.25) is 9.59 Å². The third-order valence-electron chi connectivity index (χ3n) is 2.54. The molecule has 0 spiro atoms. The van der Waals surface area contributed by atoms with E-state index in [4.69, 9.17) is 10.5 Å². The molecule has 1 aromatic rings. The molecule has 0 saturated heterocycles. The number of rotatable bonds is 4. The van der Waals surface area contributed by atoms with Gasteiger partial charge in [-0.15, -0.1) is 0 Å². The van der Waals surface area contributed by atoms with E-state index in [0.717, 1.165) is 4.47 Å². The minimum absolute atomic E-state index is 0.562. The molecule has 1 aromatic carbocycles. The van der Waals surface area contributed by atoms with E-state index in [1.54, 1.807) is 45.0 Å². The number of carboxylic acid groups (broad SMARTS) is 1. The van der Waals surface area contributed by atoms with Crippen LogP contribution < -0.4 is 5.73 Å². The lowest BCUT2D eigenvalue weighted by atomic mass is 9.93. The Bertz CT molecular complexity index is 493. The maximum atomic E-state index is 12.0. The van der Waals surface area contributed by atoms with Crippen molar-refractivity contribution in [1.82, 2.24) is 0 Å². The highest BCUT2D eigenvalue weighted by Crippen LogP contribution is 2.24. The molecule has 0 saturated carbocycles. The third-order valence-corrected chi connectivity index (χ3v) is 3.07. The topological polar surface area (TPSA) is 89.6 Å². The summed E-state index contributed by atoms with van der Waals surface area (Å²) in [7, 11) is 0. The zero-order valence-corrected chi connectivity index (χ0v) is 13.2. The van der Waals surface area contributed by atoms with E-state index in [1.807, 2.05) is 0 Å². The number of ether oxygens (including phenoxy) is 1. The van der Waals surface area contributed by atoms with Crippen molar-refractivity contribution in [1.29, 1.82) is 0 Å². The molecule has 0 fully saturated rings. The molecule has 0 aliphatic heterocycles. The zero-order valence-electron chi connectivity index (χ0n) is 11.6. The molecule has 0 amide bonds. The van der Waals surface area contributed by atoms with Gasteiger partial charge in [0.05, 0.1) is 6.04 Å². The number of carbonyl (C=O) groups is 2. The molecule has 0 radical (unpaired) electrons.